The number of nitrogens with two attached hydrogens (primary N) is 2. The first-order valence-electron chi connectivity index (χ1n) is 5.31. The molecular weight excluding hydrogens is 242 g/mol. The predicted octanol–water partition coefficient (Wildman–Crippen LogP) is 1.33. The van der Waals surface area contributed by atoms with Gasteiger partial charge in [0.05, 0.1) is 5.52 Å². The largest absolute Gasteiger partial charge is 0.370 e. The number of primary amides is 1. The first-order valence-corrected chi connectivity index (χ1v) is 5.31. The summed E-state index contributed by atoms with van der Waals surface area (Å²) in [5.41, 5.74) is 10.9. The second-order valence-corrected chi connectivity index (χ2v) is 4.11. The third kappa shape index (κ3) is 1.99. The van der Waals surface area contributed by atoms with Crippen LogP contribution in [0.1, 0.15) is 19.4 Å². The Bertz CT molecular complexity index is 623. The van der Waals surface area contributed by atoms with Crippen molar-refractivity contribution < 1.29 is 13.6 Å². The molecule has 1 unspecified atom stereocenters. The number of nitrogens with zero attached hydrogens (tertiary/aromatic N) is 2. The first kappa shape index (κ1) is 12.3. The van der Waals surface area contributed by atoms with Crippen LogP contribution in [0.3, 0.4) is 0 Å². The van der Waals surface area contributed by atoms with Gasteiger partial charge in [-0.1, -0.05) is 0 Å². The van der Waals surface area contributed by atoms with Gasteiger partial charge in [0.15, 0.2) is 5.82 Å². The Kier molecular flexibility index (Phi) is 2.90. The lowest BCUT2D eigenvalue weighted by Gasteiger charge is -2.14. The third-order valence-corrected chi connectivity index (χ3v) is 2.68. The third-order valence-electron chi connectivity index (χ3n) is 2.68. The summed E-state index contributed by atoms with van der Waals surface area (Å²) in [6.07, 6.45) is 0.00773. The van der Waals surface area contributed by atoms with E-state index in [0.29, 0.717) is 0 Å². The van der Waals surface area contributed by atoms with E-state index >= 15 is 0 Å². The van der Waals surface area contributed by atoms with Gasteiger partial charge in [0, 0.05) is 24.6 Å². The Hall–Kier alpha value is -2.18. The molecule has 0 aliphatic carbocycles. The fourth-order valence-electron chi connectivity index (χ4n) is 1.98. The average Bonchev–Trinajstić information content (AvgIpc) is 2.53. The smallest absolute Gasteiger partial charge is 0.219 e. The number of carbonyl (C=O) groups is 1. The Labute approximate surface area is 101 Å². The van der Waals surface area contributed by atoms with E-state index < -0.39 is 23.6 Å². The van der Waals surface area contributed by atoms with Gasteiger partial charge in [-0.2, -0.15) is 0 Å². The van der Waals surface area contributed by atoms with Crippen LogP contribution in [-0.4, -0.2) is 15.5 Å². The van der Waals surface area contributed by atoms with Gasteiger partial charge in [-0.15, -0.1) is 0 Å². The zero-order chi connectivity index (χ0) is 13.4. The fraction of sp³-hybridized carbons (Fsp3) is 0.273. The molecule has 0 aliphatic rings. The highest BCUT2D eigenvalue weighted by Crippen LogP contribution is 2.26. The number of fused-ring (bicyclic) bond motifs is 1. The molecule has 0 bridgehead atoms. The molecule has 18 heavy (non-hydrogen) atoms. The van der Waals surface area contributed by atoms with Gasteiger partial charge in [-0.25, -0.2) is 13.8 Å². The minimum Gasteiger partial charge on any atom is -0.370 e. The zero-order valence-electron chi connectivity index (χ0n) is 9.65. The molecule has 1 atom stereocenters. The van der Waals surface area contributed by atoms with Crippen LogP contribution in [0.2, 0.25) is 0 Å². The molecule has 2 aromatic rings. The number of carbonyl (C=O) groups excluding carboxylic acids is 1. The normalized spacial score (nSPS) is 12.8. The minimum absolute atomic E-state index is 0.00773. The second-order valence-electron chi connectivity index (χ2n) is 4.11. The summed E-state index contributed by atoms with van der Waals surface area (Å²) in [5.74, 6) is -2.03. The minimum atomic E-state index is -0.790. The molecule has 4 N–H and O–H groups in total. The molecule has 2 rings (SSSR count). The van der Waals surface area contributed by atoms with E-state index in [2.05, 4.69) is 4.98 Å². The number of aromatic nitrogens is 2. The van der Waals surface area contributed by atoms with Gasteiger partial charge in [0.1, 0.15) is 11.3 Å². The van der Waals surface area contributed by atoms with Gasteiger partial charge >= 0.3 is 0 Å². The van der Waals surface area contributed by atoms with Gasteiger partial charge in [-0.05, 0) is 6.92 Å². The fourth-order valence-corrected chi connectivity index (χ4v) is 1.98. The molecule has 1 amide bonds. The molecule has 0 fully saturated rings. The van der Waals surface area contributed by atoms with Crippen molar-refractivity contribution in [3.63, 3.8) is 0 Å². The maximum atomic E-state index is 13.5. The van der Waals surface area contributed by atoms with Gasteiger partial charge in [0.2, 0.25) is 11.9 Å². The highest BCUT2D eigenvalue weighted by Gasteiger charge is 2.18. The summed E-state index contributed by atoms with van der Waals surface area (Å²) in [6, 6.07) is 1.44. The molecule has 96 valence electrons. The number of hydrogen-bond acceptors (Lipinski definition) is 3. The number of halogens is 2. The molecular formula is C11H12F2N4O. The van der Waals surface area contributed by atoms with Crippen molar-refractivity contribution in [2.75, 3.05) is 5.73 Å². The molecule has 1 aromatic heterocycles. The van der Waals surface area contributed by atoms with Gasteiger partial charge in [-0.3, -0.25) is 4.79 Å². The van der Waals surface area contributed by atoms with E-state index in [-0.39, 0.29) is 23.4 Å². The van der Waals surface area contributed by atoms with Crippen molar-refractivity contribution in [2.24, 2.45) is 5.73 Å². The van der Waals surface area contributed by atoms with Crippen molar-refractivity contribution in [2.45, 2.75) is 19.4 Å². The number of imidazole rings is 1. The Morgan fingerprint density at radius 2 is 2.17 bits per heavy atom. The van der Waals surface area contributed by atoms with Crippen LogP contribution in [0, 0.1) is 11.6 Å². The molecule has 0 saturated heterocycles. The summed E-state index contributed by atoms with van der Waals surface area (Å²) in [4.78, 5) is 14.7. The quantitative estimate of drug-likeness (QED) is 0.866. The summed E-state index contributed by atoms with van der Waals surface area (Å²) in [5, 5.41) is 0. The highest BCUT2D eigenvalue weighted by atomic mass is 19.1. The molecule has 5 nitrogen and oxygen atoms in total. The van der Waals surface area contributed by atoms with Crippen molar-refractivity contribution in [1.29, 1.82) is 0 Å². The Morgan fingerprint density at radius 1 is 1.50 bits per heavy atom. The predicted molar refractivity (Wildman–Crippen MR) is 62.6 cm³/mol. The van der Waals surface area contributed by atoms with E-state index in [1.54, 1.807) is 6.92 Å². The average molecular weight is 254 g/mol. The SMILES string of the molecule is CC(CC(N)=O)n1c(N)nc2c(F)cc(F)cc21. The topological polar surface area (TPSA) is 86.9 Å². The molecule has 7 heteroatoms. The van der Waals surface area contributed by atoms with E-state index in [0.717, 1.165) is 12.1 Å². The number of anilines is 1. The summed E-state index contributed by atoms with van der Waals surface area (Å²) >= 11 is 0. The van der Waals surface area contributed by atoms with E-state index in [4.69, 9.17) is 11.5 Å². The molecule has 0 aliphatic heterocycles. The zero-order valence-corrected chi connectivity index (χ0v) is 9.65. The van der Waals surface area contributed by atoms with Crippen molar-refractivity contribution >= 4 is 22.9 Å². The summed E-state index contributed by atoms with van der Waals surface area (Å²) < 4.78 is 28.1. The summed E-state index contributed by atoms with van der Waals surface area (Å²) in [6.45, 7) is 1.67. The highest BCUT2D eigenvalue weighted by molar-refractivity contribution is 5.80. The Morgan fingerprint density at radius 3 is 2.78 bits per heavy atom. The molecule has 1 aromatic carbocycles. The van der Waals surface area contributed by atoms with Crippen molar-refractivity contribution in [1.82, 2.24) is 9.55 Å². The van der Waals surface area contributed by atoms with Crippen LogP contribution in [0.5, 0.6) is 0 Å². The van der Waals surface area contributed by atoms with E-state index in [9.17, 15) is 13.6 Å². The van der Waals surface area contributed by atoms with Crippen LogP contribution in [0.15, 0.2) is 12.1 Å². The molecule has 1 heterocycles. The molecule has 0 radical (unpaired) electrons. The molecule has 0 saturated carbocycles. The Balaban J connectivity index is 2.63. The standard InChI is InChI=1S/C11H12F2N4O/c1-5(2-9(14)18)17-8-4-6(12)3-7(13)10(8)16-11(17)15/h3-5H,2H2,1H3,(H2,14,18)(H2,15,16). The lowest BCUT2D eigenvalue weighted by molar-refractivity contribution is -0.118. The van der Waals surface area contributed by atoms with E-state index in [1.807, 2.05) is 0 Å². The van der Waals surface area contributed by atoms with Crippen LogP contribution in [0.4, 0.5) is 14.7 Å². The maximum absolute atomic E-state index is 13.5. The number of amides is 1. The van der Waals surface area contributed by atoms with Crippen LogP contribution in [-0.2, 0) is 4.79 Å². The number of nitrogen functional groups attached to an aromatic ring is 1. The summed E-state index contributed by atoms with van der Waals surface area (Å²) in [7, 11) is 0. The lowest BCUT2D eigenvalue weighted by Crippen LogP contribution is -2.18. The molecule has 0 spiro atoms. The van der Waals surface area contributed by atoms with Crippen LogP contribution < -0.4 is 11.5 Å². The van der Waals surface area contributed by atoms with Crippen LogP contribution >= 0.6 is 0 Å². The van der Waals surface area contributed by atoms with Crippen molar-refractivity contribution in [3.05, 3.63) is 23.8 Å². The van der Waals surface area contributed by atoms with Crippen LogP contribution in [0.25, 0.3) is 11.0 Å². The lowest BCUT2D eigenvalue weighted by atomic mass is 10.2. The number of hydrogen-bond donors (Lipinski definition) is 2. The first-order chi connectivity index (χ1) is 8.40. The monoisotopic (exact) mass is 254 g/mol. The van der Waals surface area contributed by atoms with E-state index in [1.165, 1.54) is 4.57 Å². The number of benzene rings is 1. The maximum Gasteiger partial charge on any atom is 0.219 e. The van der Waals surface area contributed by atoms with Gasteiger partial charge in [0.25, 0.3) is 0 Å². The number of rotatable bonds is 3. The second kappa shape index (κ2) is 4.25. The van der Waals surface area contributed by atoms with Gasteiger partial charge < -0.3 is 16.0 Å². The van der Waals surface area contributed by atoms with Crippen molar-refractivity contribution in [3.8, 4) is 0 Å².